The third-order valence-corrected chi connectivity index (χ3v) is 7.38. The molecular formula is C25H26FN2S3+. The number of halogens is 1. The first-order chi connectivity index (χ1) is 15.2. The number of hydrogen-bond acceptors (Lipinski definition) is 4. The van der Waals surface area contributed by atoms with Crippen LogP contribution < -0.4 is 10.7 Å². The van der Waals surface area contributed by atoms with E-state index < -0.39 is 0 Å². The summed E-state index contributed by atoms with van der Waals surface area (Å²) in [6, 6.07) is 18.1. The van der Waals surface area contributed by atoms with Gasteiger partial charge in [0.15, 0.2) is 0 Å². The molecule has 0 unspecified atom stereocenters. The number of fused-ring (bicyclic) bond motifs is 1. The standard InChI is InChI=1S/C20H15FN2S3.C3H4.C2H6/c21-9-5-11-25-20-18(22)17-14(13-6-2-1-3-7-13)12-15(23-19(17)26-20)16-8-4-10-24-16;1-3-2;1-2/h2,4,6-8,10,12H,5,9,11,22H2;1H,2H3;1-2H3/p+1. The van der Waals surface area contributed by atoms with Crippen molar-refractivity contribution in [2.24, 2.45) is 0 Å². The molecule has 0 saturated heterocycles. The van der Waals surface area contributed by atoms with Crippen molar-refractivity contribution in [1.82, 2.24) is 0 Å². The van der Waals surface area contributed by atoms with Gasteiger partial charge in [0.25, 0.3) is 4.83 Å². The second-order valence-electron chi connectivity index (χ2n) is 5.98. The van der Waals surface area contributed by atoms with Crippen molar-refractivity contribution < 1.29 is 9.37 Å². The minimum absolute atomic E-state index is 0.298. The van der Waals surface area contributed by atoms with Gasteiger partial charge < -0.3 is 5.73 Å². The maximum Gasteiger partial charge on any atom is 0.271 e. The highest BCUT2D eigenvalue weighted by Crippen LogP contribution is 2.44. The molecule has 0 aliphatic carbocycles. The zero-order valence-corrected chi connectivity index (χ0v) is 20.4. The lowest BCUT2D eigenvalue weighted by Gasteiger charge is -2.03. The number of rotatable bonds is 6. The third kappa shape index (κ3) is 6.24. The Labute approximate surface area is 196 Å². The molecular weight excluding hydrogens is 443 g/mol. The number of thiophene rings is 2. The van der Waals surface area contributed by atoms with Crippen molar-refractivity contribution >= 4 is 50.3 Å². The molecule has 6 heteroatoms. The molecule has 0 bridgehead atoms. The Morgan fingerprint density at radius 3 is 2.68 bits per heavy atom. The molecule has 0 atom stereocenters. The predicted octanol–water partition coefficient (Wildman–Crippen LogP) is 7.41. The predicted molar refractivity (Wildman–Crippen MR) is 136 cm³/mol. The van der Waals surface area contributed by atoms with E-state index in [0.717, 1.165) is 42.7 Å². The number of alkyl halides is 1. The number of aromatic amines is 1. The van der Waals surface area contributed by atoms with E-state index in [1.165, 1.54) is 4.88 Å². The highest BCUT2D eigenvalue weighted by Gasteiger charge is 2.22. The van der Waals surface area contributed by atoms with Crippen LogP contribution in [-0.4, -0.2) is 12.4 Å². The molecule has 3 N–H and O–H groups in total. The first kappa shape index (κ1) is 24.8. The van der Waals surface area contributed by atoms with Crippen molar-refractivity contribution in [3.05, 3.63) is 53.9 Å². The van der Waals surface area contributed by atoms with Gasteiger partial charge in [-0.25, -0.2) is 0 Å². The molecule has 3 heterocycles. The lowest BCUT2D eigenvalue weighted by atomic mass is 10.0. The van der Waals surface area contributed by atoms with Crippen LogP contribution in [0.2, 0.25) is 0 Å². The highest BCUT2D eigenvalue weighted by atomic mass is 32.2. The van der Waals surface area contributed by atoms with Crippen molar-refractivity contribution in [1.29, 1.82) is 0 Å². The normalized spacial score (nSPS) is 9.65. The summed E-state index contributed by atoms with van der Waals surface area (Å²) in [7, 11) is 0. The van der Waals surface area contributed by atoms with Crippen LogP contribution in [0.25, 0.3) is 31.9 Å². The molecule has 160 valence electrons. The van der Waals surface area contributed by atoms with E-state index >= 15 is 0 Å². The Morgan fingerprint density at radius 1 is 1.29 bits per heavy atom. The number of thioether (sulfide) groups is 1. The number of H-pyrrole nitrogens is 1. The number of anilines is 1. The molecule has 0 radical (unpaired) electrons. The monoisotopic (exact) mass is 469 g/mol. The Kier molecular flexibility index (Phi) is 10.4. The van der Waals surface area contributed by atoms with Gasteiger partial charge in [-0.3, -0.25) is 4.39 Å². The van der Waals surface area contributed by atoms with Gasteiger partial charge >= 0.3 is 0 Å². The molecule has 4 rings (SSSR count). The number of nitrogen functional groups attached to an aromatic ring is 1. The number of aromatic nitrogens is 1. The van der Waals surface area contributed by atoms with Crippen LogP contribution in [-0.2, 0) is 0 Å². The average molecular weight is 470 g/mol. The van der Waals surface area contributed by atoms with Crippen LogP contribution >= 0.6 is 34.4 Å². The summed E-state index contributed by atoms with van der Waals surface area (Å²) in [5, 5.41) is 3.09. The lowest BCUT2D eigenvalue weighted by Crippen LogP contribution is -2.06. The summed E-state index contributed by atoms with van der Waals surface area (Å²) in [5.74, 6) is 2.98. The van der Waals surface area contributed by atoms with E-state index in [0.29, 0.717) is 6.42 Å². The largest absolute Gasteiger partial charge is 0.396 e. The molecule has 0 fully saturated rings. The number of pyridine rings is 1. The third-order valence-electron chi connectivity index (χ3n) is 3.98. The SMILES string of the molecule is C#CC.CC.Nc1c(SCCCF)sc2[nH+]c(-c3cccs3)cc(-c3cc#ccc3)c12. The first-order valence-corrected chi connectivity index (χ1v) is 12.6. The van der Waals surface area contributed by atoms with Gasteiger partial charge in [0.05, 0.1) is 26.8 Å². The van der Waals surface area contributed by atoms with Crippen LogP contribution in [0.3, 0.4) is 0 Å². The van der Waals surface area contributed by atoms with Crippen LogP contribution in [0.4, 0.5) is 10.1 Å². The minimum Gasteiger partial charge on any atom is -0.396 e. The van der Waals surface area contributed by atoms with E-state index in [1.54, 1.807) is 41.4 Å². The van der Waals surface area contributed by atoms with Gasteiger partial charge in [0, 0.05) is 17.4 Å². The Morgan fingerprint density at radius 2 is 2.06 bits per heavy atom. The fourth-order valence-electron chi connectivity index (χ4n) is 2.79. The maximum atomic E-state index is 12.4. The summed E-state index contributed by atoms with van der Waals surface area (Å²) >= 11 is 4.97. The molecule has 0 aliphatic rings. The summed E-state index contributed by atoms with van der Waals surface area (Å²) in [6.07, 6.45) is 5.14. The molecule has 3 aromatic heterocycles. The van der Waals surface area contributed by atoms with Crippen LogP contribution in [0.5, 0.6) is 0 Å². The molecule has 0 amide bonds. The van der Waals surface area contributed by atoms with E-state index in [9.17, 15) is 4.39 Å². The molecule has 31 heavy (non-hydrogen) atoms. The second-order valence-corrected chi connectivity index (χ2v) is 9.31. The quantitative estimate of drug-likeness (QED) is 0.181. The van der Waals surface area contributed by atoms with Crippen molar-refractivity contribution in [2.45, 2.75) is 31.4 Å². The summed E-state index contributed by atoms with van der Waals surface area (Å²) in [4.78, 5) is 5.75. The molecule has 4 aromatic rings. The zero-order valence-electron chi connectivity index (χ0n) is 17.9. The maximum absolute atomic E-state index is 12.4. The van der Waals surface area contributed by atoms with Crippen molar-refractivity contribution in [3.63, 3.8) is 0 Å². The average Bonchev–Trinajstić information content (AvgIpc) is 3.45. The number of terminal acetylenes is 1. The van der Waals surface area contributed by atoms with Crippen LogP contribution in [0.1, 0.15) is 27.2 Å². The molecule has 1 aromatic carbocycles. The van der Waals surface area contributed by atoms with E-state index in [2.05, 4.69) is 47.0 Å². The Bertz CT molecular complexity index is 1100. The fourth-order valence-corrected chi connectivity index (χ4v) is 5.80. The summed E-state index contributed by atoms with van der Waals surface area (Å²) < 4.78 is 13.5. The number of nitrogens with one attached hydrogen (secondary N) is 1. The molecule has 0 spiro atoms. The summed E-state index contributed by atoms with van der Waals surface area (Å²) in [6.45, 7) is 5.36. The van der Waals surface area contributed by atoms with E-state index in [-0.39, 0.29) is 6.67 Å². The second kappa shape index (κ2) is 13.0. The molecule has 0 aliphatic heterocycles. The van der Waals surface area contributed by atoms with Gasteiger partial charge in [0.2, 0.25) is 5.69 Å². The fraction of sp³-hybridized carbons (Fsp3) is 0.240. The number of hydrogen-bond donors (Lipinski definition) is 1. The summed E-state index contributed by atoms with van der Waals surface area (Å²) in [5.41, 5.74) is 10.5. The van der Waals surface area contributed by atoms with Crippen LogP contribution in [0.15, 0.2) is 46.0 Å². The van der Waals surface area contributed by atoms with E-state index in [4.69, 9.17) is 5.73 Å². The topological polar surface area (TPSA) is 40.2 Å². The van der Waals surface area contributed by atoms with Gasteiger partial charge in [-0.1, -0.05) is 43.4 Å². The van der Waals surface area contributed by atoms with Gasteiger partial charge in [-0.15, -0.1) is 35.4 Å². The van der Waals surface area contributed by atoms with Gasteiger partial charge in [-0.2, -0.15) is 4.98 Å². The lowest BCUT2D eigenvalue weighted by molar-refractivity contribution is -0.327. The molecule has 2 nitrogen and oxygen atoms in total. The van der Waals surface area contributed by atoms with Crippen molar-refractivity contribution in [3.8, 4) is 34.0 Å². The smallest absolute Gasteiger partial charge is 0.271 e. The van der Waals surface area contributed by atoms with Crippen molar-refractivity contribution in [2.75, 3.05) is 18.2 Å². The molecule has 0 saturated carbocycles. The first-order valence-electron chi connectivity index (χ1n) is 9.96. The highest BCUT2D eigenvalue weighted by molar-refractivity contribution is 8.01. The zero-order chi connectivity index (χ0) is 22.6. The number of nitrogens with two attached hydrogens (primary N) is 1. The van der Waals surface area contributed by atoms with Gasteiger partial charge in [0.1, 0.15) is 0 Å². The Balaban J connectivity index is 0.000000630. The van der Waals surface area contributed by atoms with Crippen LogP contribution in [0, 0.1) is 24.5 Å². The van der Waals surface area contributed by atoms with Gasteiger partial charge in [-0.05, 0) is 48.6 Å². The minimum atomic E-state index is -0.298. The van der Waals surface area contributed by atoms with E-state index in [1.807, 2.05) is 38.1 Å². The Hall–Kier alpha value is -2.51.